The predicted molar refractivity (Wildman–Crippen MR) is 74.8 cm³/mol. The van der Waals surface area contributed by atoms with E-state index in [0.717, 1.165) is 0 Å². The van der Waals surface area contributed by atoms with Gasteiger partial charge in [0.2, 0.25) is 0 Å². The van der Waals surface area contributed by atoms with Crippen LogP contribution in [0.2, 0.25) is 0 Å². The van der Waals surface area contributed by atoms with Crippen LogP contribution in [0, 0.1) is 0 Å². The van der Waals surface area contributed by atoms with E-state index in [1.54, 1.807) is 36.7 Å². The maximum atomic E-state index is 12.6. The van der Waals surface area contributed by atoms with Gasteiger partial charge in [0.1, 0.15) is 5.65 Å². The number of rotatable bonds is 5. The van der Waals surface area contributed by atoms with E-state index in [2.05, 4.69) is 10.3 Å². The molecule has 1 N–H and O–H groups in total. The van der Waals surface area contributed by atoms with Crippen molar-refractivity contribution in [1.29, 1.82) is 0 Å². The molecule has 2 aromatic heterocycles. The Balaban J connectivity index is 2.73. The molecule has 0 atom stereocenters. The summed E-state index contributed by atoms with van der Waals surface area (Å²) in [6.07, 6.45) is 1.71. The van der Waals surface area contributed by atoms with Gasteiger partial charge in [-0.3, -0.25) is 4.40 Å². The van der Waals surface area contributed by atoms with Gasteiger partial charge in [0.15, 0.2) is 10.8 Å². The summed E-state index contributed by atoms with van der Waals surface area (Å²) in [7, 11) is -1.99. The Morgan fingerprint density at radius 2 is 2.11 bits per heavy atom. The van der Waals surface area contributed by atoms with Gasteiger partial charge in [-0.25, -0.2) is 13.4 Å². The Bertz CT molecular complexity index is 678. The van der Waals surface area contributed by atoms with E-state index >= 15 is 0 Å². The Labute approximate surface area is 113 Å². The lowest BCUT2D eigenvalue weighted by molar-refractivity contribution is 0.482. The van der Waals surface area contributed by atoms with Gasteiger partial charge in [-0.2, -0.15) is 4.31 Å². The third kappa shape index (κ3) is 2.31. The normalized spacial score (nSPS) is 12.2. The van der Waals surface area contributed by atoms with Crippen molar-refractivity contribution in [2.24, 2.45) is 0 Å². The fraction of sp³-hybridized carbons (Fsp3) is 0.417. The van der Waals surface area contributed by atoms with Crippen molar-refractivity contribution in [2.75, 3.05) is 25.5 Å². The third-order valence-electron chi connectivity index (χ3n) is 2.93. The minimum Gasteiger partial charge on any atom is -0.368 e. The van der Waals surface area contributed by atoms with Crippen LogP contribution in [0.15, 0.2) is 29.4 Å². The monoisotopic (exact) mass is 282 g/mol. The van der Waals surface area contributed by atoms with Gasteiger partial charge in [0.25, 0.3) is 10.0 Å². The van der Waals surface area contributed by atoms with Crippen LogP contribution in [0.1, 0.15) is 13.8 Å². The summed E-state index contributed by atoms with van der Waals surface area (Å²) in [5, 5.41) is 3.20. The van der Waals surface area contributed by atoms with Crippen molar-refractivity contribution >= 4 is 21.5 Å². The van der Waals surface area contributed by atoms with Gasteiger partial charge in [-0.1, -0.05) is 13.0 Å². The van der Waals surface area contributed by atoms with E-state index in [9.17, 15) is 8.42 Å². The van der Waals surface area contributed by atoms with Crippen LogP contribution in [-0.2, 0) is 10.0 Å². The number of hydrogen-bond donors (Lipinski definition) is 1. The van der Waals surface area contributed by atoms with Crippen molar-refractivity contribution in [3.05, 3.63) is 24.4 Å². The predicted octanol–water partition coefficient (Wildman–Crippen LogP) is 1.41. The molecule has 2 rings (SSSR count). The largest absolute Gasteiger partial charge is 0.368 e. The number of imidazole rings is 1. The van der Waals surface area contributed by atoms with E-state index < -0.39 is 10.0 Å². The summed E-state index contributed by atoms with van der Waals surface area (Å²) in [5.41, 5.74) is 0.613. The molecule has 0 radical (unpaired) electrons. The lowest BCUT2D eigenvalue weighted by Gasteiger charge is -2.15. The first-order valence-electron chi connectivity index (χ1n) is 6.19. The van der Waals surface area contributed by atoms with Crippen LogP contribution < -0.4 is 5.32 Å². The number of fused-ring (bicyclic) bond motifs is 1. The first-order valence-corrected chi connectivity index (χ1v) is 7.63. The molecule has 0 aliphatic heterocycles. The van der Waals surface area contributed by atoms with Crippen molar-refractivity contribution in [3.63, 3.8) is 0 Å². The molecule has 2 aromatic rings. The van der Waals surface area contributed by atoms with E-state index in [1.165, 1.54) is 4.31 Å². The Morgan fingerprint density at radius 3 is 2.74 bits per heavy atom. The summed E-state index contributed by atoms with van der Waals surface area (Å²) in [6, 6.07) is 5.40. The van der Waals surface area contributed by atoms with E-state index in [0.29, 0.717) is 24.6 Å². The molecule has 0 bridgehead atoms. The second-order valence-corrected chi connectivity index (χ2v) is 6.10. The zero-order valence-corrected chi connectivity index (χ0v) is 12.1. The highest BCUT2D eigenvalue weighted by atomic mass is 32.2. The lowest BCUT2D eigenvalue weighted by atomic mass is 10.5. The Kier molecular flexibility index (Phi) is 3.77. The average molecular weight is 282 g/mol. The Morgan fingerprint density at radius 1 is 1.37 bits per heavy atom. The van der Waals surface area contributed by atoms with Crippen LogP contribution in [0.5, 0.6) is 0 Å². The number of sulfonamides is 1. The molecular formula is C12H18N4O2S. The number of pyridine rings is 1. The molecule has 7 heteroatoms. The molecule has 6 nitrogen and oxygen atoms in total. The molecule has 19 heavy (non-hydrogen) atoms. The third-order valence-corrected chi connectivity index (χ3v) is 4.89. The maximum Gasteiger partial charge on any atom is 0.262 e. The molecule has 0 unspecified atom stereocenters. The highest BCUT2D eigenvalue weighted by molar-refractivity contribution is 7.89. The van der Waals surface area contributed by atoms with Gasteiger partial charge in [0.05, 0.1) is 0 Å². The van der Waals surface area contributed by atoms with E-state index in [4.69, 9.17) is 0 Å². The standard InChI is InChI=1S/C12H18N4O2S/c1-4-13-11-12(19(17,18)15(3)5-2)16-9-7-6-8-10(16)14-11/h6-9,13H,4-5H2,1-3H3. The van der Waals surface area contributed by atoms with Crippen molar-refractivity contribution < 1.29 is 8.42 Å². The number of nitrogens with one attached hydrogen (secondary N) is 1. The second kappa shape index (κ2) is 5.18. The number of anilines is 1. The Hall–Kier alpha value is -1.60. The quantitative estimate of drug-likeness (QED) is 0.900. The first kappa shape index (κ1) is 13.8. The fourth-order valence-electron chi connectivity index (χ4n) is 1.82. The lowest BCUT2D eigenvalue weighted by Crippen LogP contribution is -2.28. The van der Waals surface area contributed by atoms with Gasteiger partial charge in [-0.15, -0.1) is 0 Å². The van der Waals surface area contributed by atoms with Gasteiger partial charge >= 0.3 is 0 Å². The first-order chi connectivity index (χ1) is 9.02. The van der Waals surface area contributed by atoms with Crippen LogP contribution in [-0.4, -0.2) is 42.2 Å². The molecule has 0 fully saturated rings. The van der Waals surface area contributed by atoms with Crippen LogP contribution in [0.25, 0.3) is 5.65 Å². The van der Waals surface area contributed by atoms with Crippen molar-refractivity contribution in [1.82, 2.24) is 13.7 Å². The smallest absolute Gasteiger partial charge is 0.262 e. The van der Waals surface area contributed by atoms with E-state index in [1.807, 2.05) is 13.0 Å². The second-order valence-electron chi connectivity index (χ2n) is 4.14. The average Bonchev–Trinajstić information content (AvgIpc) is 2.76. The highest BCUT2D eigenvalue weighted by Crippen LogP contribution is 2.25. The molecule has 0 aliphatic carbocycles. The van der Waals surface area contributed by atoms with Crippen LogP contribution >= 0.6 is 0 Å². The molecular weight excluding hydrogens is 264 g/mol. The molecule has 104 valence electrons. The van der Waals surface area contributed by atoms with Crippen LogP contribution in [0.4, 0.5) is 5.82 Å². The van der Waals surface area contributed by atoms with Gasteiger partial charge < -0.3 is 5.32 Å². The molecule has 0 aromatic carbocycles. The molecule has 0 aliphatic rings. The van der Waals surface area contributed by atoms with E-state index in [-0.39, 0.29) is 5.03 Å². The zero-order chi connectivity index (χ0) is 14.0. The minimum atomic E-state index is -3.55. The zero-order valence-electron chi connectivity index (χ0n) is 11.3. The molecule has 0 amide bonds. The fourth-order valence-corrected chi connectivity index (χ4v) is 3.22. The molecule has 0 spiro atoms. The van der Waals surface area contributed by atoms with Crippen molar-refractivity contribution in [2.45, 2.75) is 18.9 Å². The molecule has 0 saturated heterocycles. The topological polar surface area (TPSA) is 66.7 Å². The number of nitrogens with zero attached hydrogens (tertiary/aromatic N) is 3. The minimum absolute atomic E-state index is 0.189. The summed E-state index contributed by atoms with van der Waals surface area (Å²) in [4.78, 5) is 4.33. The highest BCUT2D eigenvalue weighted by Gasteiger charge is 2.28. The number of hydrogen-bond acceptors (Lipinski definition) is 4. The SMILES string of the molecule is CCNc1nc2ccccn2c1S(=O)(=O)N(C)CC. The van der Waals surface area contributed by atoms with Crippen molar-refractivity contribution in [3.8, 4) is 0 Å². The maximum absolute atomic E-state index is 12.6. The molecule has 2 heterocycles. The summed E-state index contributed by atoms with van der Waals surface area (Å²) < 4.78 is 28.0. The number of aromatic nitrogens is 2. The van der Waals surface area contributed by atoms with Gasteiger partial charge in [0, 0.05) is 26.3 Å². The summed E-state index contributed by atoms with van der Waals surface area (Å²) in [6.45, 7) is 4.73. The molecule has 0 saturated carbocycles. The van der Waals surface area contributed by atoms with Crippen LogP contribution in [0.3, 0.4) is 0 Å². The van der Waals surface area contributed by atoms with Gasteiger partial charge in [-0.05, 0) is 19.1 Å². The summed E-state index contributed by atoms with van der Waals surface area (Å²) >= 11 is 0. The summed E-state index contributed by atoms with van der Waals surface area (Å²) in [5.74, 6) is 0.397.